The van der Waals surface area contributed by atoms with E-state index in [0.717, 1.165) is 5.56 Å². The Bertz CT molecular complexity index is 231. The van der Waals surface area contributed by atoms with Crippen LogP contribution in [0.3, 0.4) is 0 Å². The molecule has 4 heteroatoms. The molecule has 1 aromatic rings. The summed E-state index contributed by atoms with van der Waals surface area (Å²) in [5, 5.41) is 0. The highest BCUT2D eigenvalue weighted by atomic mass is 127. The van der Waals surface area contributed by atoms with E-state index in [1.807, 2.05) is 70.3 Å². The number of rotatable bonds is 3. The summed E-state index contributed by atoms with van der Waals surface area (Å²) < 4.78 is 10.1. The lowest BCUT2D eigenvalue weighted by molar-refractivity contribution is 0.0881. The molecule has 66 valence electrons. The van der Waals surface area contributed by atoms with Crippen LogP contribution in [0.15, 0.2) is 24.3 Å². The van der Waals surface area contributed by atoms with Crippen LogP contribution in [0.2, 0.25) is 0 Å². The molecule has 0 N–H and O–H groups in total. The quantitative estimate of drug-likeness (QED) is 0.579. The minimum atomic E-state index is -0.271. The van der Waals surface area contributed by atoms with Gasteiger partial charge in [0.05, 0.1) is 0 Å². The van der Waals surface area contributed by atoms with E-state index in [4.69, 9.17) is 6.13 Å². The molecular weight excluding hydrogens is 382 g/mol. The predicted octanol–water partition coefficient (Wildman–Crippen LogP) is 3.73. The molecule has 0 heterocycles. The molecule has 0 amide bonds. The van der Waals surface area contributed by atoms with Crippen LogP contribution in [0.5, 0.6) is 0 Å². The van der Waals surface area contributed by atoms with Gasteiger partial charge in [0.25, 0.3) is 0 Å². The highest BCUT2D eigenvalue weighted by Gasteiger charge is 2.09. The smallest absolute Gasteiger partial charge is 0.206 e. The maximum absolute atomic E-state index is 5.07. The Kier molecular flexibility index (Phi) is 4.77. The summed E-state index contributed by atoms with van der Waals surface area (Å²) in [5.41, 5.74) is 2.27. The van der Waals surface area contributed by atoms with Crippen molar-refractivity contribution in [2.45, 2.75) is 13.2 Å². The monoisotopic (exact) mass is 390 g/mol. The fraction of sp³-hybridized carbons (Fsp3) is 0.250. The van der Waals surface area contributed by atoms with Crippen molar-refractivity contribution in [2.75, 3.05) is 0 Å². The number of hydrogen-bond donors (Lipinski definition) is 0. The van der Waals surface area contributed by atoms with Gasteiger partial charge in [-0.05, 0) is 6.92 Å². The van der Waals surface area contributed by atoms with Crippen molar-refractivity contribution in [2.24, 2.45) is 0 Å². The van der Waals surface area contributed by atoms with Gasteiger partial charge in [0.15, 0.2) is 0 Å². The molecule has 0 fully saturated rings. The summed E-state index contributed by atoms with van der Waals surface area (Å²) in [5.74, 6) is 0. The van der Waals surface area contributed by atoms with Gasteiger partial charge in [0, 0.05) is 5.56 Å². The standard InChI is InChI=1S/C8H8I2O2/c1-6-2-4-7(5-3-6)8(11-9)12-10/h2-5,8H,1H3. The Labute approximate surface area is 100 Å². The van der Waals surface area contributed by atoms with E-state index in [1.165, 1.54) is 5.56 Å². The average Bonchev–Trinajstić information content (AvgIpc) is 2.10. The van der Waals surface area contributed by atoms with E-state index < -0.39 is 0 Å². The molecule has 12 heavy (non-hydrogen) atoms. The zero-order valence-electron chi connectivity index (χ0n) is 6.46. The Morgan fingerprint density at radius 2 is 1.58 bits per heavy atom. The van der Waals surface area contributed by atoms with E-state index in [-0.39, 0.29) is 6.29 Å². The van der Waals surface area contributed by atoms with Crippen molar-refractivity contribution in [3.8, 4) is 0 Å². The van der Waals surface area contributed by atoms with Gasteiger partial charge in [0.1, 0.15) is 46.0 Å². The molecule has 0 saturated carbocycles. The number of benzene rings is 1. The molecule has 0 bridgehead atoms. The second-order valence-corrected chi connectivity index (χ2v) is 3.44. The Morgan fingerprint density at radius 1 is 1.08 bits per heavy atom. The summed E-state index contributed by atoms with van der Waals surface area (Å²) >= 11 is 3.66. The Balaban J connectivity index is 2.80. The molecule has 1 rings (SSSR count). The van der Waals surface area contributed by atoms with Gasteiger partial charge in [-0.25, -0.2) is 0 Å². The number of hydrogen-bond acceptors (Lipinski definition) is 2. The van der Waals surface area contributed by atoms with Crippen LogP contribution in [0.25, 0.3) is 0 Å². The Hall–Kier alpha value is 0.600. The van der Waals surface area contributed by atoms with Crippen molar-refractivity contribution < 1.29 is 6.13 Å². The third-order valence-corrected chi connectivity index (χ3v) is 2.44. The summed E-state index contributed by atoms with van der Waals surface area (Å²) in [7, 11) is 0. The third-order valence-electron chi connectivity index (χ3n) is 1.51. The van der Waals surface area contributed by atoms with Crippen molar-refractivity contribution in [3.63, 3.8) is 0 Å². The largest absolute Gasteiger partial charge is 0.279 e. The molecule has 0 saturated heterocycles. The maximum atomic E-state index is 5.07. The van der Waals surface area contributed by atoms with Gasteiger partial charge in [0.2, 0.25) is 6.29 Å². The third kappa shape index (κ3) is 2.82. The van der Waals surface area contributed by atoms with Gasteiger partial charge in [-0.1, -0.05) is 29.8 Å². The molecule has 0 unspecified atom stereocenters. The molecule has 2 nitrogen and oxygen atoms in total. The lowest BCUT2D eigenvalue weighted by Gasteiger charge is -2.09. The van der Waals surface area contributed by atoms with Crippen LogP contribution >= 0.6 is 46.0 Å². The molecule has 1 aromatic carbocycles. The number of aryl methyl sites for hydroxylation is 1. The minimum Gasteiger partial charge on any atom is -0.279 e. The fourth-order valence-electron chi connectivity index (χ4n) is 0.840. The first kappa shape index (κ1) is 10.7. The summed E-state index contributed by atoms with van der Waals surface area (Å²) in [6, 6.07) is 8.07. The molecule has 0 aromatic heterocycles. The van der Waals surface area contributed by atoms with Gasteiger partial charge in [-0.2, -0.15) is 0 Å². The van der Waals surface area contributed by atoms with Gasteiger partial charge < -0.3 is 0 Å². The van der Waals surface area contributed by atoms with Crippen molar-refractivity contribution >= 4 is 46.0 Å². The van der Waals surface area contributed by atoms with E-state index in [2.05, 4.69) is 6.92 Å². The SMILES string of the molecule is Cc1ccc(C(OI)OI)cc1. The lowest BCUT2D eigenvalue weighted by atomic mass is 10.1. The Morgan fingerprint density at radius 3 is 2.00 bits per heavy atom. The van der Waals surface area contributed by atoms with Crippen LogP contribution in [-0.4, -0.2) is 0 Å². The number of halogens is 2. The normalized spacial score (nSPS) is 10.7. The zero-order valence-corrected chi connectivity index (χ0v) is 10.8. The first-order valence-corrected chi connectivity index (χ1v) is 5.15. The van der Waals surface area contributed by atoms with Crippen LogP contribution in [0.4, 0.5) is 0 Å². The molecule has 0 spiro atoms. The van der Waals surface area contributed by atoms with Crippen LogP contribution < -0.4 is 0 Å². The van der Waals surface area contributed by atoms with Crippen LogP contribution in [0, 0.1) is 6.92 Å². The first-order chi connectivity index (χ1) is 5.77. The van der Waals surface area contributed by atoms with Crippen molar-refractivity contribution in [1.29, 1.82) is 0 Å². The summed E-state index contributed by atoms with van der Waals surface area (Å²) in [6.07, 6.45) is -0.271. The first-order valence-electron chi connectivity index (χ1n) is 3.39. The van der Waals surface area contributed by atoms with Gasteiger partial charge in [-0.15, -0.1) is 0 Å². The second kappa shape index (κ2) is 5.36. The highest BCUT2D eigenvalue weighted by Crippen LogP contribution is 2.23. The zero-order chi connectivity index (χ0) is 8.97. The van der Waals surface area contributed by atoms with E-state index in [9.17, 15) is 0 Å². The van der Waals surface area contributed by atoms with Crippen molar-refractivity contribution in [1.82, 2.24) is 0 Å². The molecule has 0 aliphatic carbocycles. The minimum absolute atomic E-state index is 0.271. The molecule has 0 aliphatic rings. The summed E-state index contributed by atoms with van der Waals surface area (Å²) in [4.78, 5) is 0. The van der Waals surface area contributed by atoms with Crippen LogP contribution in [0.1, 0.15) is 17.4 Å². The lowest BCUT2D eigenvalue weighted by Crippen LogP contribution is -1.96. The summed E-state index contributed by atoms with van der Waals surface area (Å²) in [6.45, 7) is 2.05. The topological polar surface area (TPSA) is 18.5 Å². The fourth-order valence-corrected chi connectivity index (χ4v) is 2.03. The van der Waals surface area contributed by atoms with E-state index in [1.54, 1.807) is 0 Å². The van der Waals surface area contributed by atoms with Crippen LogP contribution in [-0.2, 0) is 6.13 Å². The maximum Gasteiger partial charge on any atom is 0.206 e. The van der Waals surface area contributed by atoms with E-state index in [0.29, 0.717) is 0 Å². The highest BCUT2D eigenvalue weighted by molar-refractivity contribution is 14.1. The molecular formula is C8H8I2O2. The predicted molar refractivity (Wildman–Crippen MR) is 64.1 cm³/mol. The average molecular weight is 390 g/mol. The van der Waals surface area contributed by atoms with Gasteiger partial charge >= 0.3 is 0 Å². The van der Waals surface area contributed by atoms with Gasteiger partial charge in [-0.3, -0.25) is 6.13 Å². The molecule has 0 atom stereocenters. The van der Waals surface area contributed by atoms with Crippen molar-refractivity contribution in [3.05, 3.63) is 35.4 Å². The van der Waals surface area contributed by atoms with E-state index >= 15 is 0 Å². The molecule has 0 aliphatic heterocycles. The molecule has 0 radical (unpaired) electrons. The second-order valence-electron chi connectivity index (χ2n) is 2.42.